The Kier molecular flexibility index (Phi) is 5.75. The van der Waals surface area contributed by atoms with Gasteiger partial charge in [-0.25, -0.2) is 9.97 Å². The summed E-state index contributed by atoms with van der Waals surface area (Å²) in [6, 6.07) is 11.8. The Bertz CT molecular complexity index is 792. The van der Waals surface area contributed by atoms with E-state index in [4.69, 9.17) is 10.5 Å². The molecule has 2 atom stereocenters. The van der Waals surface area contributed by atoms with Crippen LogP contribution in [0.3, 0.4) is 0 Å². The van der Waals surface area contributed by atoms with E-state index < -0.39 is 0 Å². The molecule has 6 heteroatoms. The zero-order valence-electron chi connectivity index (χ0n) is 16.4. The summed E-state index contributed by atoms with van der Waals surface area (Å²) in [4.78, 5) is 23.5. The van der Waals surface area contributed by atoms with Crippen molar-refractivity contribution in [2.75, 3.05) is 18.8 Å². The van der Waals surface area contributed by atoms with Crippen LogP contribution in [-0.4, -0.2) is 40.0 Å². The van der Waals surface area contributed by atoms with Crippen molar-refractivity contribution in [3.63, 3.8) is 0 Å². The third-order valence-electron chi connectivity index (χ3n) is 4.90. The number of amides is 1. The van der Waals surface area contributed by atoms with Gasteiger partial charge in [0.1, 0.15) is 11.8 Å². The van der Waals surface area contributed by atoms with Gasteiger partial charge in [0.25, 0.3) is 5.91 Å². The SMILES string of the molecule is CC(C)c1cc(C(=O)N2C[C@@H](c3ccccc3)O[C@@H](C(C)C)C2)nc(N)n1. The highest BCUT2D eigenvalue weighted by Crippen LogP contribution is 2.29. The number of anilines is 1. The number of hydrogen-bond acceptors (Lipinski definition) is 5. The number of nitrogens with zero attached hydrogens (tertiary/aromatic N) is 3. The molecule has 144 valence electrons. The molecule has 1 fully saturated rings. The Morgan fingerprint density at radius 3 is 2.48 bits per heavy atom. The first kappa shape index (κ1) is 19.3. The van der Waals surface area contributed by atoms with Crippen LogP contribution in [0.25, 0.3) is 0 Å². The molecular weight excluding hydrogens is 340 g/mol. The summed E-state index contributed by atoms with van der Waals surface area (Å²) >= 11 is 0. The Morgan fingerprint density at radius 1 is 1.15 bits per heavy atom. The van der Waals surface area contributed by atoms with E-state index in [0.717, 1.165) is 11.3 Å². The van der Waals surface area contributed by atoms with Crippen molar-refractivity contribution in [2.45, 2.75) is 45.8 Å². The number of carbonyl (C=O) groups excluding carboxylic acids is 1. The highest BCUT2D eigenvalue weighted by Gasteiger charge is 2.34. The molecule has 1 aromatic heterocycles. The monoisotopic (exact) mass is 368 g/mol. The van der Waals surface area contributed by atoms with E-state index in [-0.39, 0.29) is 30.0 Å². The first-order valence-corrected chi connectivity index (χ1v) is 9.49. The lowest BCUT2D eigenvalue weighted by Gasteiger charge is -2.40. The summed E-state index contributed by atoms with van der Waals surface area (Å²) in [7, 11) is 0. The summed E-state index contributed by atoms with van der Waals surface area (Å²) in [6.07, 6.45) is -0.184. The summed E-state index contributed by atoms with van der Waals surface area (Å²) in [6.45, 7) is 9.30. The van der Waals surface area contributed by atoms with Crippen molar-refractivity contribution in [1.29, 1.82) is 0 Å². The number of ether oxygens (including phenoxy) is 1. The van der Waals surface area contributed by atoms with Crippen LogP contribution in [0.4, 0.5) is 5.95 Å². The zero-order chi connectivity index (χ0) is 19.6. The average molecular weight is 368 g/mol. The molecule has 1 aromatic carbocycles. The van der Waals surface area contributed by atoms with Gasteiger partial charge in [-0.1, -0.05) is 58.0 Å². The van der Waals surface area contributed by atoms with E-state index >= 15 is 0 Å². The Morgan fingerprint density at radius 2 is 1.85 bits per heavy atom. The van der Waals surface area contributed by atoms with Gasteiger partial charge < -0.3 is 15.4 Å². The number of nitrogen functional groups attached to an aromatic ring is 1. The van der Waals surface area contributed by atoms with Crippen molar-refractivity contribution in [3.05, 3.63) is 53.3 Å². The smallest absolute Gasteiger partial charge is 0.272 e. The van der Waals surface area contributed by atoms with E-state index in [0.29, 0.717) is 24.7 Å². The van der Waals surface area contributed by atoms with E-state index in [1.54, 1.807) is 6.07 Å². The summed E-state index contributed by atoms with van der Waals surface area (Å²) in [5.74, 6) is 0.485. The molecule has 3 rings (SSSR count). The van der Waals surface area contributed by atoms with Gasteiger partial charge in [-0.2, -0.15) is 0 Å². The Balaban J connectivity index is 1.88. The molecular formula is C21H28N4O2. The van der Waals surface area contributed by atoms with Gasteiger partial charge in [0.2, 0.25) is 5.95 Å². The highest BCUT2D eigenvalue weighted by molar-refractivity contribution is 5.92. The molecule has 2 N–H and O–H groups in total. The summed E-state index contributed by atoms with van der Waals surface area (Å²) < 4.78 is 6.28. The molecule has 0 aliphatic carbocycles. The minimum Gasteiger partial charge on any atom is -0.368 e. The summed E-state index contributed by atoms with van der Waals surface area (Å²) in [5.41, 5.74) is 8.04. The largest absolute Gasteiger partial charge is 0.368 e. The van der Waals surface area contributed by atoms with Crippen LogP contribution in [0.1, 0.15) is 61.5 Å². The molecule has 27 heavy (non-hydrogen) atoms. The fourth-order valence-electron chi connectivity index (χ4n) is 3.23. The van der Waals surface area contributed by atoms with Crippen molar-refractivity contribution in [1.82, 2.24) is 14.9 Å². The minimum absolute atomic E-state index is 0.0309. The molecule has 0 saturated carbocycles. The first-order chi connectivity index (χ1) is 12.8. The number of aromatic nitrogens is 2. The molecule has 1 aliphatic rings. The van der Waals surface area contributed by atoms with Crippen LogP contribution in [0, 0.1) is 5.92 Å². The number of morpholine rings is 1. The van der Waals surface area contributed by atoms with Crippen molar-refractivity contribution < 1.29 is 9.53 Å². The van der Waals surface area contributed by atoms with Crippen LogP contribution in [0.2, 0.25) is 0 Å². The second-order valence-corrected chi connectivity index (χ2v) is 7.72. The molecule has 0 bridgehead atoms. The number of nitrogens with two attached hydrogens (primary N) is 1. The lowest BCUT2D eigenvalue weighted by molar-refractivity contribution is -0.0955. The molecule has 1 saturated heterocycles. The van der Waals surface area contributed by atoms with Gasteiger partial charge in [0.15, 0.2) is 0 Å². The molecule has 1 amide bonds. The Hall–Kier alpha value is -2.47. The van der Waals surface area contributed by atoms with Gasteiger partial charge in [0.05, 0.1) is 12.6 Å². The number of hydrogen-bond donors (Lipinski definition) is 1. The second kappa shape index (κ2) is 8.05. The van der Waals surface area contributed by atoms with Gasteiger partial charge in [0, 0.05) is 12.2 Å². The van der Waals surface area contributed by atoms with Gasteiger partial charge in [-0.3, -0.25) is 4.79 Å². The maximum absolute atomic E-state index is 13.2. The summed E-state index contributed by atoms with van der Waals surface area (Å²) in [5, 5.41) is 0. The van der Waals surface area contributed by atoms with E-state index in [1.165, 1.54) is 0 Å². The van der Waals surface area contributed by atoms with E-state index in [9.17, 15) is 4.79 Å². The van der Waals surface area contributed by atoms with Gasteiger partial charge in [-0.05, 0) is 23.5 Å². The van der Waals surface area contributed by atoms with Crippen LogP contribution in [0.5, 0.6) is 0 Å². The number of benzene rings is 1. The van der Waals surface area contributed by atoms with Crippen molar-refractivity contribution >= 4 is 11.9 Å². The number of rotatable bonds is 4. The van der Waals surface area contributed by atoms with Crippen molar-refractivity contribution in [2.24, 2.45) is 5.92 Å². The highest BCUT2D eigenvalue weighted by atomic mass is 16.5. The molecule has 0 spiro atoms. The zero-order valence-corrected chi connectivity index (χ0v) is 16.4. The van der Waals surface area contributed by atoms with E-state index in [1.807, 2.05) is 49.1 Å². The normalized spacial score (nSPS) is 20.3. The fourth-order valence-corrected chi connectivity index (χ4v) is 3.23. The fraction of sp³-hybridized carbons (Fsp3) is 0.476. The third-order valence-corrected chi connectivity index (χ3v) is 4.90. The molecule has 0 radical (unpaired) electrons. The van der Waals surface area contributed by atoms with Crippen LogP contribution in [-0.2, 0) is 4.74 Å². The lowest BCUT2D eigenvalue weighted by atomic mass is 10.0. The van der Waals surface area contributed by atoms with Gasteiger partial charge >= 0.3 is 0 Å². The number of carbonyl (C=O) groups is 1. The molecule has 2 aromatic rings. The maximum atomic E-state index is 13.2. The van der Waals surface area contributed by atoms with Crippen LogP contribution >= 0.6 is 0 Å². The maximum Gasteiger partial charge on any atom is 0.272 e. The standard InChI is InChI=1S/C21H28N4O2/c1-13(2)16-10-17(24-21(22)23-16)20(26)25-11-18(14(3)4)27-19(12-25)15-8-6-5-7-9-15/h5-10,13-14,18-19H,11-12H2,1-4H3,(H2,22,23,24)/t18-,19+/m1/s1. The molecule has 6 nitrogen and oxygen atoms in total. The van der Waals surface area contributed by atoms with Crippen LogP contribution < -0.4 is 5.73 Å². The Labute approximate surface area is 160 Å². The van der Waals surface area contributed by atoms with Crippen molar-refractivity contribution in [3.8, 4) is 0 Å². The lowest BCUT2D eigenvalue weighted by Crippen LogP contribution is -2.48. The third kappa shape index (κ3) is 4.45. The average Bonchev–Trinajstić information content (AvgIpc) is 2.67. The topological polar surface area (TPSA) is 81.3 Å². The van der Waals surface area contributed by atoms with Gasteiger partial charge in [-0.15, -0.1) is 0 Å². The minimum atomic E-state index is -0.153. The van der Waals surface area contributed by atoms with Crippen LogP contribution in [0.15, 0.2) is 36.4 Å². The predicted octanol–water partition coefficient (Wildman–Crippen LogP) is 3.42. The van der Waals surface area contributed by atoms with E-state index in [2.05, 4.69) is 23.8 Å². The first-order valence-electron chi connectivity index (χ1n) is 9.49. The molecule has 1 aliphatic heterocycles. The molecule has 2 heterocycles. The second-order valence-electron chi connectivity index (χ2n) is 7.72. The quantitative estimate of drug-likeness (QED) is 0.894. The predicted molar refractivity (Wildman–Crippen MR) is 105 cm³/mol. The molecule has 0 unspecified atom stereocenters.